The second-order valence-corrected chi connectivity index (χ2v) is 8.55. The van der Waals surface area contributed by atoms with E-state index in [1.807, 2.05) is 6.07 Å². The maximum absolute atomic E-state index is 13.0. The number of anilines is 3. The fourth-order valence-corrected chi connectivity index (χ4v) is 3.95. The number of hydrogen-bond donors (Lipinski definition) is 2. The minimum Gasteiger partial charge on any atom is -0.465 e. The van der Waals surface area contributed by atoms with Gasteiger partial charge in [-0.05, 0) is 70.5 Å². The molecule has 0 bridgehead atoms. The van der Waals surface area contributed by atoms with Crippen molar-refractivity contribution >= 4 is 68.3 Å². The van der Waals surface area contributed by atoms with Crippen LogP contribution < -0.4 is 15.5 Å². The Morgan fingerprint density at radius 3 is 2.31 bits per heavy atom. The van der Waals surface area contributed by atoms with Crippen molar-refractivity contribution < 1.29 is 23.9 Å². The van der Waals surface area contributed by atoms with Gasteiger partial charge in [-0.25, -0.2) is 9.69 Å². The second-order valence-electron chi connectivity index (χ2n) is 7.31. The number of nitrogens with zero attached hydrogens (tertiary/aromatic N) is 1. The van der Waals surface area contributed by atoms with Crippen LogP contribution in [0.4, 0.5) is 17.1 Å². The molecular formula is C25H17BrClN3O5. The first kappa shape index (κ1) is 24.2. The molecule has 8 nitrogen and oxygen atoms in total. The van der Waals surface area contributed by atoms with Gasteiger partial charge >= 0.3 is 5.97 Å². The summed E-state index contributed by atoms with van der Waals surface area (Å²) in [5.41, 5.74) is 1.70. The molecule has 0 fully saturated rings. The smallest absolute Gasteiger partial charge is 0.337 e. The highest BCUT2D eigenvalue weighted by Gasteiger charge is 2.39. The summed E-state index contributed by atoms with van der Waals surface area (Å²) in [6.45, 7) is 0. The molecule has 0 saturated carbocycles. The summed E-state index contributed by atoms with van der Waals surface area (Å²) in [5, 5.41) is 5.36. The number of halogens is 2. The van der Waals surface area contributed by atoms with E-state index < -0.39 is 17.8 Å². The van der Waals surface area contributed by atoms with Crippen LogP contribution in [0.2, 0.25) is 0 Å². The van der Waals surface area contributed by atoms with E-state index in [1.165, 1.54) is 37.4 Å². The quantitative estimate of drug-likeness (QED) is 0.331. The van der Waals surface area contributed by atoms with Crippen LogP contribution in [-0.2, 0) is 14.3 Å². The third kappa shape index (κ3) is 4.96. The molecule has 3 amide bonds. The summed E-state index contributed by atoms with van der Waals surface area (Å²) in [7, 11) is 1.25. The van der Waals surface area contributed by atoms with Crippen molar-refractivity contribution in [1.29, 1.82) is 0 Å². The Labute approximate surface area is 213 Å². The molecule has 0 spiro atoms. The third-order valence-electron chi connectivity index (χ3n) is 5.09. The van der Waals surface area contributed by atoms with Gasteiger partial charge in [0, 0.05) is 15.7 Å². The number of amides is 3. The lowest BCUT2D eigenvalue weighted by molar-refractivity contribution is -0.120. The van der Waals surface area contributed by atoms with E-state index in [1.54, 1.807) is 36.4 Å². The molecule has 176 valence electrons. The van der Waals surface area contributed by atoms with Crippen LogP contribution in [0.5, 0.6) is 0 Å². The molecule has 3 aromatic carbocycles. The zero-order valence-electron chi connectivity index (χ0n) is 18.2. The molecule has 0 aliphatic carbocycles. The van der Waals surface area contributed by atoms with Crippen LogP contribution in [0, 0.1) is 0 Å². The molecule has 1 aliphatic rings. The molecule has 1 aliphatic heterocycles. The van der Waals surface area contributed by atoms with Crippen LogP contribution in [0.25, 0.3) is 0 Å². The number of carbonyl (C=O) groups excluding carboxylic acids is 4. The van der Waals surface area contributed by atoms with E-state index >= 15 is 0 Å². The molecule has 1 heterocycles. The lowest BCUT2D eigenvalue weighted by Crippen LogP contribution is -2.32. The fourth-order valence-electron chi connectivity index (χ4n) is 3.35. The number of ether oxygens (including phenoxy) is 1. The monoisotopic (exact) mass is 553 g/mol. The number of hydrogen-bond acceptors (Lipinski definition) is 6. The Morgan fingerprint density at radius 1 is 0.914 bits per heavy atom. The molecule has 4 rings (SSSR count). The van der Waals surface area contributed by atoms with Gasteiger partial charge in [-0.15, -0.1) is 0 Å². The Balaban J connectivity index is 1.53. The van der Waals surface area contributed by atoms with E-state index in [0.29, 0.717) is 16.9 Å². The lowest BCUT2D eigenvalue weighted by Gasteiger charge is -2.15. The van der Waals surface area contributed by atoms with Crippen molar-refractivity contribution in [1.82, 2.24) is 0 Å². The van der Waals surface area contributed by atoms with E-state index in [-0.39, 0.29) is 27.9 Å². The predicted octanol–water partition coefficient (Wildman–Crippen LogP) is 4.92. The first-order chi connectivity index (χ1) is 16.8. The second kappa shape index (κ2) is 10.1. The zero-order valence-corrected chi connectivity index (χ0v) is 20.5. The maximum atomic E-state index is 13.0. The summed E-state index contributed by atoms with van der Waals surface area (Å²) >= 11 is 9.58. The van der Waals surface area contributed by atoms with Gasteiger partial charge in [-0.1, -0.05) is 29.8 Å². The van der Waals surface area contributed by atoms with Gasteiger partial charge < -0.3 is 15.4 Å². The highest BCUT2D eigenvalue weighted by atomic mass is 79.9. The number of para-hydroxylation sites is 1. The fraction of sp³-hybridized carbons (Fsp3) is 0.0400. The van der Waals surface area contributed by atoms with Gasteiger partial charge in [-0.3, -0.25) is 14.4 Å². The molecule has 2 N–H and O–H groups in total. The van der Waals surface area contributed by atoms with Gasteiger partial charge in [0.2, 0.25) is 0 Å². The Kier molecular flexibility index (Phi) is 6.99. The minimum atomic E-state index is -0.715. The van der Waals surface area contributed by atoms with Crippen LogP contribution in [0.15, 0.2) is 88.0 Å². The number of imide groups is 1. The van der Waals surface area contributed by atoms with Crippen molar-refractivity contribution in [2.24, 2.45) is 0 Å². The average molecular weight is 555 g/mol. The van der Waals surface area contributed by atoms with Crippen molar-refractivity contribution in [3.63, 3.8) is 0 Å². The molecule has 0 aromatic heterocycles. The predicted molar refractivity (Wildman–Crippen MR) is 135 cm³/mol. The van der Waals surface area contributed by atoms with E-state index in [2.05, 4.69) is 31.3 Å². The van der Waals surface area contributed by atoms with Gasteiger partial charge in [0.1, 0.15) is 10.7 Å². The number of rotatable bonds is 6. The number of esters is 1. The van der Waals surface area contributed by atoms with Gasteiger partial charge in [0.15, 0.2) is 0 Å². The van der Waals surface area contributed by atoms with Crippen LogP contribution >= 0.6 is 27.5 Å². The zero-order chi connectivity index (χ0) is 25.1. The summed E-state index contributed by atoms with van der Waals surface area (Å²) in [6.07, 6.45) is 0. The Morgan fingerprint density at radius 2 is 1.63 bits per heavy atom. The average Bonchev–Trinajstić information content (AvgIpc) is 3.08. The van der Waals surface area contributed by atoms with E-state index in [9.17, 15) is 19.2 Å². The highest BCUT2D eigenvalue weighted by Crippen LogP contribution is 2.30. The van der Waals surface area contributed by atoms with Gasteiger partial charge in [0.25, 0.3) is 17.7 Å². The molecule has 3 aromatic rings. The largest absolute Gasteiger partial charge is 0.465 e. The lowest BCUT2D eigenvalue weighted by atomic mass is 10.1. The molecule has 0 atom stereocenters. The molecule has 0 radical (unpaired) electrons. The normalized spacial score (nSPS) is 13.2. The van der Waals surface area contributed by atoms with Crippen LogP contribution in [0.3, 0.4) is 0 Å². The number of benzene rings is 3. The Bertz CT molecular complexity index is 1390. The van der Waals surface area contributed by atoms with Crippen LogP contribution in [-0.4, -0.2) is 30.8 Å². The standard InChI is InChI=1S/C25H17BrClN3O5/c1-35-25(34)14-9-11-17(12-10-14)30-23(32)20(27)21(24(30)33)28-16-6-4-5-15(13-16)22(31)29-19-8-3-2-7-18(19)26/h2-13,28H,1H3,(H,29,31). The number of nitrogens with one attached hydrogen (secondary N) is 2. The SMILES string of the molecule is COC(=O)c1ccc(N2C(=O)C(Cl)=C(Nc3cccc(C(=O)Nc4ccccc4Br)c3)C2=O)cc1. The van der Waals surface area contributed by atoms with Crippen molar-refractivity contribution in [3.05, 3.63) is 99.1 Å². The van der Waals surface area contributed by atoms with E-state index in [0.717, 1.165) is 9.37 Å². The van der Waals surface area contributed by atoms with Gasteiger partial charge in [-0.2, -0.15) is 0 Å². The third-order valence-corrected chi connectivity index (χ3v) is 6.13. The molecular weight excluding hydrogens is 538 g/mol. The van der Waals surface area contributed by atoms with Crippen molar-refractivity contribution in [2.45, 2.75) is 0 Å². The van der Waals surface area contributed by atoms with Crippen molar-refractivity contribution in [2.75, 3.05) is 22.6 Å². The molecule has 0 saturated heterocycles. The maximum Gasteiger partial charge on any atom is 0.337 e. The molecule has 0 unspecified atom stereocenters. The first-order valence-corrected chi connectivity index (χ1v) is 11.4. The molecule has 10 heteroatoms. The molecule has 35 heavy (non-hydrogen) atoms. The summed E-state index contributed by atoms with van der Waals surface area (Å²) < 4.78 is 5.38. The van der Waals surface area contributed by atoms with Crippen LogP contribution in [0.1, 0.15) is 20.7 Å². The Hall–Kier alpha value is -3.95. The topological polar surface area (TPSA) is 105 Å². The van der Waals surface area contributed by atoms with Gasteiger partial charge in [0.05, 0.1) is 24.0 Å². The summed E-state index contributed by atoms with van der Waals surface area (Å²) in [5.74, 6) is -2.29. The minimum absolute atomic E-state index is 0.128. The number of methoxy groups -OCH3 is 1. The first-order valence-electron chi connectivity index (χ1n) is 10.2. The summed E-state index contributed by atoms with van der Waals surface area (Å²) in [4.78, 5) is 51.0. The summed E-state index contributed by atoms with van der Waals surface area (Å²) in [6, 6.07) is 19.4. The number of carbonyl (C=O) groups is 4. The van der Waals surface area contributed by atoms with Crippen molar-refractivity contribution in [3.8, 4) is 0 Å². The highest BCUT2D eigenvalue weighted by molar-refractivity contribution is 9.10. The van der Waals surface area contributed by atoms with E-state index in [4.69, 9.17) is 11.6 Å².